The van der Waals surface area contributed by atoms with Crippen LogP contribution in [0.2, 0.25) is 0 Å². The van der Waals surface area contributed by atoms with Crippen LogP contribution in [0.25, 0.3) is 11.4 Å². The van der Waals surface area contributed by atoms with Gasteiger partial charge in [0.1, 0.15) is 6.33 Å². The molecule has 0 aromatic carbocycles. The maximum atomic E-state index is 6.00. The molecular formula is C18H25N5O. The van der Waals surface area contributed by atoms with Gasteiger partial charge in [-0.1, -0.05) is 12.8 Å². The summed E-state index contributed by atoms with van der Waals surface area (Å²) in [6.45, 7) is 2.90. The highest BCUT2D eigenvalue weighted by atomic mass is 16.5. The fraction of sp³-hybridized carbons (Fsp3) is 0.611. The van der Waals surface area contributed by atoms with Crippen LogP contribution >= 0.6 is 0 Å². The molecule has 0 amide bonds. The van der Waals surface area contributed by atoms with Crippen LogP contribution in [0.1, 0.15) is 39.0 Å². The number of aryl methyl sites for hydroxylation is 1. The zero-order valence-electron chi connectivity index (χ0n) is 14.4. The molecule has 2 unspecified atom stereocenters. The summed E-state index contributed by atoms with van der Waals surface area (Å²) in [4.78, 5) is 4.39. The van der Waals surface area contributed by atoms with Gasteiger partial charge in [0, 0.05) is 43.1 Å². The Morgan fingerprint density at radius 2 is 2.17 bits per heavy atom. The average molecular weight is 327 g/mol. The minimum absolute atomic E-state index is 0.316. The first-order chi connectivity index (χ1) is 11.7. The molecule has 2 aromatic heterocycles. The number of nitrogens with zero attached hydrogens (tertiary/aromatic N) is 4. The molecule has 2 fully saturated rings. The Morgan fingerprint density at radius 1 is 1.33 bits per heavy atom. The van der Waals surface area contributed by atoms with E-state index in [2.05, 4.69) is 33.5 Å². The van der Waals surface area contributed by atoms with E-state index in [9.17, 15) is 0 Å². The number of pyridine rings is 1. The van der Waals surface area contributed by atoms with Crippen molar-refractivity contribution >= 4 is 5.69 Å². The molecule has 24 heavy (non-hydrogen) atoms. The molecule has 1 N–H and O–H groups in total. The number of nitrogens with one attached hydrogen (secondary N) is 1. The van der Waals surface area contributed by atoms with Crippen molar-refractivity contribution in [1.29, 1.82) is 0 Å². The lowest BCUT2D eigenvalue weighted by Gasteiger charge is -2.54. The Balaban J connectivity index is 1.53. The number of anilines is 1. The molecule has 0 saturated heterocycles. The van der Waals surface area contributed by atoms with E-state index in [1.165, 1.54) is 25.7 Å². The molecule has 2 aromatic rings. The SMILES string of the molecule is CCOC1CC(Nc2cncc(-c3nncn3C)c2)C12CCCC2. The molecular weight excluding hydrogens is 302 g/mol. The molecule has 2 saturated carbocycles. The largest absolute Gasteiger partial charge is 0.380 e. The predicted molar refractivity (Wildman–Crippen MR) is 92.6 cm³/mol. The second-order valence-electron chi connectivity index (χ2n) is 7.04. The normalized spacial score (nSPS) is 24.9. The summed E-state index contributed by atoms with van der Waals surface area (Å²) in [7, 11) is 1.95. The zero-order chi connectivity index (χ0) is 16.6. The van der Waals surface area contributed by atoms with Gasteiger partial charge in [0.05, 0.1) is 11.8 Å². The van der Waals surface area contributed by atoms with E-state index >= 15 is 0 Å². The second-order valence-corrected chi connectivity index (χ2v) is 7.04. The Hall–Kier alpha value is -1.95. The van der Waals surface area contributed by atoms with E-state index in [0.717, 1.165) is 30.1 Å². The van der Waals surface area contributed by atoms with Gasteiger partial charge >= 0.3 is 0 Å². The van der Waals surface area contributed by atoms with Crippen LogP contribution in [-0.2, 0) is 11.8 Å². The average Bonchev–Trinajstić information content (AvgIpc) is 3.25. The standard InChI is InChI=1S/C18H25N5O/c1-3-24-16-9-15(18(16)6-4-5-7-18)21-14-8-13(10-19-11-14)17-22-20-12-23(17)2/h8,10-12,15-16,21H,3-7,9H2,1-2H3. The van der Waals surface area contributed by atoms with Crippen LogP contribution in [0.5, 0.6) is 0 Å². The summed E-state index contributed by atoms with van der Waals surface area (Å²) in [6, 6.07) is 2.60. The summed E-state index contributed by atoms with van der Waals surface area (Å²) >= 11 is 0. The monoisotopic (exact) mass is 327 g/mol. The van der Waals surface area contributed by atoms with Gasteiger partial charge in [-0.05, 0) is 32.3 Å². The van der Waals surface area contributed by atoms with Crippen molar-refractivity contribution in [2.45, 2.75) is 51.2 Å². The molecule has 0 bridgehead atoms. The molecule has 4 rings (SSSR count). The number of ether oxygens (including phenoxy) is 1. The van der Waals surface area contributed by atoms with Gasteiger partial charge < -0.3 is 14.6 Å². The van der Waals surface area contributed by atoms with Gasteiger partial charge in [0.25, 0.3) is 0 Å². The molecule has 2 heterocycles. The van der Waals surface area contributed by atoms with Gasteiger partial charge in [-0.15, -0.1) is 10.2 Å². The molecule has 0 radical (unpaired) electrons. The molecule has 6 heteroatoms. The van der Waals surface area contributed by atoms with E-state index in [0.29, 0.717) is 17.6 Å². The Labute approximate surface area is 142 Å². The maximum Gasteiger partial charge on any atom is 0.165 e. The Kier molecular flexibility index (Phi) is 4.00. The van der Waals surface area contributed by atoms with Crippen molar-refractivity contribution < 1.29 is 4.74 Å². The third-order valence-electron chi connectivity index (χ3n) is 5.74. The predicted octanol–water partition coefficient (Wildman–Crippen LogP) is 3.03. The Bertz CT molecular complexity index is 707. The van der Waals surface area contributed by atoms with E-state index in [1.807, 2.05) is 24.0 Å². The van der Waals surface area contributed by atoms with Gasteiger partial charge in [-0.3, -0.25) is 4.98 Å². The lowest BCUT2D eigenvalue weighted by Crippen LogP contribution is -2.60. The highest BCUT2D eigenvalue weighted by Crippen LogP contribution is 2.55. The fourth-order valence-electron chi connectivity index (χ4n) is 4.48. The molecule has 2 atom stereocenters. The molecule has 2 aliphatic rings. The number of hydrogen-bond donors (Lipinski definition) is 1. The third-order valence-corrected chi connectivity index (χ3v) is 5.74. The number of hydrogen-bond acceptors (Lipinski definition) is 5. The molecule has 128 valence electrons. The summed E-state index contributed by atoms with van der Waals surface area (Å²) < 4.78 is 7.92. The highest BCUT2D eigenvalue weighted by molar-refractivity contribution is 5.61. The number of aromatic nitrogens is 4. The van der Waals surface area contributed by atoms with Crippen LogP contribution in [0.4, 0.5) is 5.69 Å². The lowest BCUT2D eigenvalue weighted by atomic mass is 9.60. The van der Waals surface area contributed by atoms with Gasteiger partial charge in [0.15, 0.2) is 5.82 Å². The maximum absolute atomic E-state index is 6.00. The lowest BCUT2D eigenvalue weighted by molar-refractivity contribution is -0.114. The summed E-state index contributed by atoms with van der Waals surface area (Å²) in [5.41, 5.74) is 2.36. The molecule has 6 nitrogen and oxygen atoms in total. The zero-order valence-corrected chi connectivity index (χ0v) is 14.4. The van der Waals surface area contributed by atoms with E-state index in [1.54, 1.807) is 6.33 Å². The molecule has 0 aliphatic heterocycles. The molecule has 1 spiro atoms. The minimum atomic E-state index is 0.316. The summed E-state index contributed by atoms with van der Waals surface area (Å²) in [6.07, 6.45) is 12.1. The van der Waals surface area contributed by atoms with Crippen LogP contribution in [0.15, 0.2) is 24.8 Å². The van der Waals surface area contributed by atoms with Crippen LogP contribution in [-0.4, -0.2) is 38.5 Å². The van der Waals surface area contributed by atoms with Crippen molar-refractivity contribution in [2.24, 2.45) is 12.5 Å². The first-order valence-electron chi connectivity index (χ1n) is 8.90. The van der Waals surface area contributed by atoms with Gasteiger partial charge in [-0.25, -0.2) is 0 Å². The first kappa shape index (κ1) is 15.6. The van der Waals surface area contributed by atoms with E-state index in [-0.39, 0.29) is 0 Å². The van der Waals surface area contributed by atoms with Gasteiger partial charge in [-0.2, -0.15) is 0 Å². The van der Waals surface area contributed by atoms with Gasteiger partial charge in [0.2, 0.25) is 0 Å². The van der Waals surface area contributed by atoms with E-state index < -0.39 is 0 Å². The van der Waals surface area contributed by atoms with Crippen molar-refractivity contribution in [3.63, 3.8) is 0 Å². The fourth-order valence-corrected chi connectivity index (χ4v) is 4.48. The summed E-state index contributed by atoms with van der Waals surface area (Å²) in [5, 5.41) is 11.8. The van der Waals surface area contributed by atoms with Crippen molar-refractivity contribution in [3.8, 4) is 11.4 Å². The molecule has 2 aliphatic carbocycles. The highest BCUT2D eigenvalue weighted by Gasteiger charge is 2.56. The third kappa shape index (κ3) is 2.49. The smallest absolute Gasteiger partial charge is 0.165 e. The quantitative estimate of drug-likeness (QED) is 0.914. The first-order valence-corrected chi connectivity index (χ1v) is 8.90. The van der Waals surface area contributed by atoms with Crippen LogP contribution in [0, 0.1) is 5.41 Å². The van der Waals surface area contributed by atoms with E-state index in [4.69, 9.17) is 4.74 Å². The van der Waals surface area contributed by atoms with Crippen LogP contribution in [0.3, 0.4) is 0 Å². The van der Waals surface area contributed by atoms with Crippen molar-refractivity contribution in [3.05, 3.63) is 24.8 Å². The minimum Gasteiger partial charge on any atom is -0.380 e. The van der Waals surface area contributed by atoms with Crippen molar-refractivity contribution in [1.82, 2.24) is 19.7 Å². The number of rotatable bonds is 5. The van der Waals surface area contributed by atoms with Crippen molar-refractivity contribution in [2.75, 3.05) is 11.9 Å². The summed E-state index contributed by atoms with van der Waals surface area (Å²) in [5.74, 6) is 0.836. The second kappa shape index (κ2) is 6.16. The Morgan fingerprint density at radius 3 is 2.88 bits per heavy atom. The van der Waals surface area contributed by atoms with Crippen LogP contribution < -0.4 is 5.32 Å². The topological polar surface area (TPSA) is 64.9 Å².